The van der Waals surface area contributed by atoms with E-state index in [0.29, 0.717) is 13.2 Å². The number of hydrogen-bond acceptors (Lipinski definition) is 4. The number of hydrogen-bond donors (Lipinski definition) is 1. The van der Waals surface area contributed by atoms with E-state index in [4.69, 9.17) is 10.5 Å². The van der Waals surface area contributed by atoms with E-state index in [1.807, 2.05) is 12.3 Å². The topological polar surface area (TPSA) is 48.1 Å². The van der Waals surface area contributed by atoms with E-state index < -0.39 is 0 Å². The first kappa shape index (κ1) is 14.0. The standard InChI is InChI=1S/C15H20N2OS/c1-10-6-13(4-5-16)7-11(2)15(10)18-8-14-9-19-12(3)17-14/h6-7,9H,4-5,8,16H2,1-3H3. The van der Waals surface area contributed by atoms with E-state index in [1.54, 1.807) is 11.3 Å². The summed E-state index contributed by atoms with van der Waals surface area (Å²) < 4.78 is 5.91. The molecule has 0 saturated carbocycles. The molecule has 0 radical (unpaired) electrons. The average Bonchev–Trinajstić information content (AvgIpc) is 2.74. The van der Waals surface area contributed by atoms with E-state index in [2.05, 4.69) is 31.0 Å². The molecule has 0 saturated heterocycles. The largest absolute Gasteiger partial charge is 0.487 e. The van der Waals surface area contributed by atoms with Crippen molar-refractivity contribution in [3.8, 4) is 5.75 Å². The summed E-state index contributed by atoms with van der Waals surface area (Å²) in [6.07, 6.45) is 0.910. The molecule has 2 aromatic rings. The van der Waals surface area contributed by atoms with Crippen molar-refractivity contribution in [1.29, 1.82) is 0 Å². The van der Waals surface area contributed by atoms with Crippen LogP contribution in [0.25, 0.3) is 0 Å². The lowest BCUT2D eigenvalue weighted by molar-refractivity contribution is 0.297. The lowest BCUT2D eigenvalue weighted by atomic mass is 10.0. The third-order valence-corrected chi connectivity index (χ3v) is 3.81. The van der Waals surface area contributed by atoms with Gasteiger partial charge in [0.15, 0.2) is 0 Å². The summed E-state index contributed by atoms with van der Waals surface area (Å²) in [6.45, 7) is 7.37. The number of nitrogens with two attached hydrogens (primary N) is 1. The van der Waals surface area contributed by atoms with Crippen molar-refractivity contribution in [2.45, 2.75) is 33.8 Å². The summed E-state index contributed by atoms with van der Waals surface area (Å²) in [7, 11) is 0. The molecular formula is C15H20N2OS. The van der Waals surface area contributed by atoms with E-state index in [1.165, 1.54) is 5.56 Å². The van der Waals surface area contributed by atoms with Gasteiger partial charge in [-0.25, -0.2) is 4.98 Å². The smallest absolute Gasteiger partial charge is 0.131 e. The second-order valence-electron chi connectivity index (χ2n) is 4.74. The Balaban J connectivity index is 2.11. The number of rotatable bonds is 5. The van der Waals surface area contributed by atoms with Crippen molar-refractivity contribution in [1.82, 2.24) is 4.98 Å². The molecule has 102 valence electrons. The maximum Gasteiger partial charge on any atom is 0.131 e. The summed E-state index contributed by atoms with van der Waals surface area (Å²) in [6, 6.07) is 4.31. The Hall–Kier alpha value is -1.39. The zero-order chi connectivity index (χ0) is 13.8. The molecule has 0 unspecified atom stereocenters. The number of nitrogens with zero attached hydrogens (tertiary/aromatic N) is 1. The van der Waals surface area contributed by atoms with Crippen molar-refractivity contribution in [2.24, 2.45) is 5.73 Å². The van der Waals surface area contributed by atoms with Crippen LogP contribution in [0.4, 0.5) is 0 Å². The van der Waals surface area contributed by atoms with Crippen molar-refractivity contribution in [3.05, 3.63) is 44.9 Å². The third-order valence-electron chi connectivity index (χ3n) is 2.98. The Bertz CT molecular complexity index is 540. The van der Waals surface area contributed by atoms with Crippen molar-refractivity contribution >= 4 is 11.3 Å². The van der Waals surface area contributed by atoms with Gasteiger partial charge in [0.25, 0.3) is 0 Å². The molecule has 4 heteroatoms. The van der Waals surface area contributed by atoms with Crippen LogP contribution in [0.1, 0.15) is 27.4 Å². The molecule has 0 aliphatic rings. The van der Waals surface area contributed by atoms with Gasteiger partial charge < -0.3 is 10.5 Å². The zero-order valence-electron chi connectivity index (χ0n) is 11.7. The fraction of sp³-hybridized carbons (Fsp3) is 0.400. The lowest BCUT2D eigenvalue weighted by Gasteiger charge is -2.13. The number of thiazole rings is 1. The Kier molecular flexibility index (Phi) is 4.56. The minimum atomic E-state index is 0.530. The number of ether oxygens (including phenoxy) is 1. The SMILES string of the molecule is Cc1nc(COc2c(C)cc(CCN)cc2C)cs1. The highest BCUT2D eigenvalue weighted by Crippen LogP contribution is 2.26. The van der Waals surface area contributed by atoms with Gasteiger partial charge in [-0.3, -0.25) is 0 Å². The van der Waals surface area contributed by atoms with E-state index in [9.17, 15) is 0 Å². The maximum atomic E-state index is 5.91. The molecule has 3 nitrogen and oxygen atoms in total. The van der Waals surface area contributed by atoms with E-state index in [0.717, 1.165) is 34.0 Å². The summed E-state index contributed by atoms with van der Waals surface area (Å²) in [5.74, 6) is 0.964. The Morgan fingerprint density at radius 1 is 1.21 bits per heavy atom. The molecule has 0 spiro atoms. The molecular weight excluding hydrogens is 256 g/mol. The molecule has 0 bridgehead atoms. The molecule has 0 aliphatic carbocycles. The van der Waals surface area contributed by atoms with Crippen LogP contribution in [-0.4, -0.2) is 11.5 Å². The maximum absolute atomic E-state index is 5.91. The minimum Gasteiger partial charge on any atom is -0.487 e. The Morgan fingerprint density at radius 3 is 2.42 bits per heavy atom. The molecule has 0 atom stereocenters. The van der Waals surface area contributed by atoms with E-state index >= 15 is 0 Å². The van der Waals surface area contributed by atoms with Crippen LogP contribution in [0.2, 0.25) is 0 Å². The first-order valence-corrected chi connectivity index (χ1v) is 7.32. The first-order valence-electron chi connectivity index (χ1n) is 6.44. The van der Waals surface area contributed by atoms with Gasteiger partial charge in [-0.15, -0.1) is 11.3 Å². The summed E-state index contributed by atoms with van der Waals surface area (Å²) >= 11 is 1.65. The Labute approximate surface area is 118 Å². The van der Waals surface area contributed by atoms with Gasteiger partial charge in [-0.1, -0.05) is 12.1 Å². The monoisotopic (exact) mass is 276 g/mol. The van der Waals surface area contributed by atoms with Crippen LogP contribution in [0.5, 0.6) is 5.75 Å². The predicted molar refractivity (Wildman–Crippen MR) is 79.9 cm³/mol. The molecule has 19 heavy (non-hydrogen) atoms. The van der Waals surface area contributed by atoms with Crippen LogP contribution >= 0.6 is 11.3 Å². The molecule has 0 amide bonds. The van der Waals surface area contributed by atoms with Crippen molar-refractivity contribution in [2.75, 3.05) is 6.54 Å². The highest BCUT2D eigenvalue weighted by Gasteiger charge is 2.07. The molecule has 1 heterocycles. The second kappa shape index (κ2) is 6.17. The van der Waals surface area contributed by atoms with Gasteiger partial charge in [-0.2, -0.15) is 0 Å². The number of benzene rings is 1. The van der Waals surface area contributed by atoms with Crippen LogP contribution in [0.3, 0.4) is 0 Å². The second-order valence-corrected chi connectivity index (χ2v) is 5.81. The number of aromatic nitrogens is 1. The number of aryl methyl sites for hydroxylation is 3. The molecule has 2 N–H and O–H groups in total. The molecule has 0 fully saturated rings. The normalized spacial score (nSPS) is 10.7. The summed E-state index contributed by atoms with van der Waals surface area (Å²) in [5, 5.41) is 3.12. The third kappa shape index (κ3) is 3.55. The zero-order valence-corrected chi connectivity index (χ0v) is 12.5. The van der Waals surface area contributed by atoms with Crippen LogP contribution < -0.4 is 10.5 Å². The van der Waals surface area contributed by atoms with Gasteiger partial charge in [-0.05, 0) is 50.4 Å². The highest BCUT2D eigenvalue weighted by atomic mass is 32.1. The van der Waals surface area contributed by atoms with Crippen LogP contribution in [-0.2, 0) is 13.0 Å². The van der Waals surface area contributed by atoms with Crippen LogP contribution in [0.15, 0.2) is 17.5 Å². The van der Waals surface area contributed by atoms with Gasteiger partial charge in [0.05, 0.1) is 10.7 Å². The van der Waals surface area contributed by atoms with E-state index in [-0.39, 0.29) is 0 Å². The van der Waals surface area contributed by atoms with Gasteiger partial charge in [0.1, 0.15) is 12.4 Å². The molecule has 2 rings (SSSR count). The lowest BCUT2D eigenvalue weighted by Crippen LogP contribution is -2.05. The molecule has 0 aliphatic heterocycles. The van der Waals surface area contributed by atoms with Crippen LogP contribution in [0, 0.1) is 20.8 Å². The molecule has 1 aromatic heterocycles. The highest BCUT2D eigenvalue weighted by molar-refractivity contribution is 7.09. The fourth-order valence-corrected chi connectivity index (χ4v) is 2.80. The minimum absolute atomic E-state index is 0.530. The quantitative estimate of drug-likeness (QED) is 0.912. The predicted octanol–water partition coefficient (Wildman–Crippen LogP) is 3.15. The van der Waals surface area contributed by atoms with Gasteiger partial charge in [0, 0.05) is 5.38 Å². The summed E-state index contributed by atoms with van der Waals surface area (Å²) in [5.41, 5.74) is 10.2. The Morgan fingerprint density at radius 2 is 1.89 bits per heavy atom. The van der Waals surface area contributed by atoms with Gasteiger partial charge >= 0.3 is 0 Å². The first-order chi connectivity index (χ1) is 9.10. The van der Waals surface area contributed by atoms with Crippen molar-refractivity contribution in [3.63, 3.8) is 0 Å². The molecule has 1 aromatic carbocycles. The average molecular weight is 276 g/mol. The van der Waals surface area contributed by atoms with Gasteiger partial charge in [0.2, 0.25) is 0 Å². The summed E-state index contributed by atoms with van der Waals surface area (Å²) in [4.78, 5) is 4.41. The fourth-order valence-electron chi connectivity index (χ4n) is 2.20. The van der Waals surface area contributed by atoms with Crippen molar-refractivity contribution < 1.29 is 4.74 Å².